The third-order valence-electron chi connectivity index (χ3n) is 4.48. The van der Waals surface area contributed by atoms with Crippen molar-refractivity contribution in [3.63, 3.8) is 0 Å². The van der Waals surface area contributed by atoms with Crippen molar-refractivity contribution in [3.8, 4) is 0 Å². The Morgan fingerprint density at radius 2 is 1.65 bits per heavy atom. The van der Waals surface area contributed by atoms with Crippen molar-refractivity contribution in [1.29, 1.82) is 0 Å². The van der Waals surface area contributed by atoms with E-state index in [2.05, 4.69) is 10.6 Å². The van der Waals surface area contributed by atoms with Crippen molar-refractivity contribution in [2.24, 2.45) is 0 Å². The van der Waals surface area contributed by atoms with E-state index in [1.54, 1.807) is 36.4 Å². The molecule has 2 aromatic rings. The normalized spacial score (nSPS) is 13.5. The molecule has 0 radical (unpaired) electrons. The maximum Gasteiger partial charge on any atom is 0.328 e. The summed E-state index contributed by atoms with van der Waals surface area (Å²) in [5, 5.41) is 5.01. The molecule has 2 amide bonds. The molecule has 0 unspecified atom stereocenters. The molecule has 3 atom stereocenters. The molecule has 0 fully saturated rings. The fraction of sp³-hybridized carbons (Fsp3) is 0.318. The Morgan fingerprint density at radius 1 is 1.00 bits per heavy atom. The summed E-state index contributed by atoms with van der Waals surface area (Å²) in [7, 11) is -0.189. The molecule has 0 saturated carbocycles. The zero-order valence-electron chi connectivity index (χ0n) is 17.3. The minimum absolute atomic E-state index is 0.0619. The number of rotatable bonds is 10. The number of carbonyl (C=O) groups is 3. The highest BCUT2D eigenvalue weighted by Gasteiger charge is 2.28. The van der Waals surface area contributed by atoms with Gasteiger partial charge < -0.3 is 15.4 Å². The molecule has 0 saturated heterocycles. The summed E-state index contributed by atoms with van der Waals surface area (Å²) in [5.74, 6) is -2.24. The van der Waals surface area contributed by atoms with Gasteiger partial charge in [-0.1, -0.05) is 36.4 Å². The lowest BCUT2D eigenvalue weighted by molar-refractivity contribution is -0.145. The van der Waals surface area contributed by atoms with Gasteiger partial charge >= 0.3 is 5.97 Å². The van der Waals surface area contributed by atoms with Crippen LogP contribution in [0.4, 0.5) is 4.39 Å². The Morgan fingerprint density at radius 3 is 2.26 bits per heavy atom. The van der Waals surface area contributed by atoms with Crippen LogP contribution in [-0.4, -0.2) is 46.9 Å². The molecule has 2 rings (SSSR count). The van der Waals surface area contributed by atoms with Crippen LogP contribution in [0.5, 0.6) is 0 Å². The number of esters is 1. The quantitative estimate of drug-likeness (QED) is 0.539. The van der Waals surface area contributed by atoms with Crippen LogP contribution in [0.25, 0.3) is 0 Å². The largest absolute Gasteiger partial charge is 0.467 e. The second-order valence-corrected chi connectivity index (χ2v) is 8.36. The van der Waals surface area contributed by atoms with Gasteiger partial charge in [-0.15, -0.1) is 0 Å². The van der Waals surface area contributed by atoms with Crippen LogP contribution in [0.1, 0.15) is 18.9 Å². The molecular formula is C22H25FN2O5S. The first kappa shape index (κ1) is 24.2. The Kier molecular flexibility index (Phi) is 9.33. The summed E-state index contributed by atoms with van der Waals surface area (Å²) >= 11 is 0. The molecule has 0 heterocycles. The third kappa shape index (κ3) is 7.60. The lowest BCUT2D eigenvalue weighted by Gasteiger charge is -2.22. The van der Waals surface area contributed by atoms with E-state index in [0.717, 1.165) is 0 Å². The number of ether oxygens (including phenoxy) is 1. The van der Waals surface area contributed by atoms with Gasteiger partial charge in [0.1, 0.15) is 17.9 Å². The van der Waals surface area contributed by atoms with Crippen LogP contribution in [0.3, 0.4) is 0 Å². The molecule has 0 aliphatic heterocycles. The van der Waals surface area contributed by atoms with Crippen LogP contribution in [0.2, 0.25) is 0 Å². The highest BCUT2D eigenvalue weighted by Crippen LogP contribution is 2.11. The van der Waals surface area contributed by atoms with E-state index >= 15 is 0 Å². The van der Waals surface area contributed by atoms with Crippen LogP contribution in [0, 0.1) is 5.82 Å². The van der Waals surface area contributed by atoms with Crippen molar-refractivity contribution in [2.45, 2.75) is 36.7 Å². The Balaban J connectivity index is 2.10. The van der Waals surface area contributed by atoms with E-state index in [4.69, 9.17) is 4.74 Å². The fourth-order valence-electron chi connectivity index (χ4n) is 2.92. The topological polar surface area (TPSA) is 102 Å². The molecule has 2 aromatic carbocycles. The molecule has 0 spiro atoms. The van der Waals surface area contributed by atoms with Gasteiger partial charge in [-0.25, -0.2) is 9.18 Å². The van der Waals surface area contributed by atoms with Crippen molar-refractivity contribution >= 4 is 28.6 Å². The van der Waals surface area contributed by atoms with Crippen LogP contribution in [0.15, 0.2) is 59.5 Å². The van der Waals surface area contributed by atoms with Crippen LogP contribution < -0.4 is 10.6 Å². The zero-order valence-corrected chi connectivity index (χ0v) is 18.1. The van der Waals surface area contributed by atoms with Crippen LogP contribution in [-0.2, 0) is 36.3 Å². The predicted molar refractivity (Wildman–Crippen MR) is 114 cm³/mol. The van der Waals surface area contributed by atoms with Crippen molar-refractivity contribution in [2.75, 3.05) is 12.9 Å². The molecule has 0 aliphatic rings. The third-order valence-corrected chi connectivity index (χ3v) is 5.88. The average Bonchev–Trinajstić information content (AvgIpc) is 2.76. The molecule has 7 nitrogen and oxygen atoms in total. The summed E-state index contributed by atoms with van der Waals surface area (Å²) in [5.41, 5.74) is 0.246. The maximum absolute atomic E-state index is 14.0. The molecule has 31 heavy (non-hydrogen) atoms. The second-order valence-electron chi connectivity index (χ2n) is 6.78. The first-order chi connectivity index (χ1) is 14.8. The Labute approximate surface area is 182 Å². The van der Waals surface area contributed by atoms with Gasteiger partial charge in [-0.05, 0) is 30.2 Å². The molecule has 2 N–H and O–H groups in total. The van der Waals surface area contributed by atoms with E-state index in [0.29, 0.717) is 4.90 Å². The summed E-state index contributed by atoms with van der Waals surface area (Å²) < 4.78 is 31.2. The second kappa shape index (κ2) is 11.9. The standard InChI is InChI=1S/C22H25FN2O5S/c1-15(26)24-20(14-16-8-6-7-11-18(16)23)21(27)25-19(22(28)30-2)12-13-31(29)17-9-4-3-5-10-17/h3-11,19-20H,12-14H2,1-2H3,(H,24,26)(H,25,27)/t19-,20+,31-/m0/s1. The highest BCUT2D eigenvalue weighted by atomic mass is 32.2. The minimum Gasteiger partial charge on any atom is -0.467 e. The number of benzene rings is 2. The summed E-state index contributed by atoms with van der Waals surface area (Å²) in [6.45, 7) is 1.24. The van der Waals surface area contributed by atoms with E-state index in [1.165, 1.54) is 32.2 Å². The summed E-state index contributed by atoms with van der Waals surface area (Å²) in [6, 6.07) is 12.5. The number of hydrogen-bond acceptors (Lipinski definition) is 5. The van der Waals surface area contributed by atoms with E-state index in [1.807, 2.05) is 0 Å². The van der Waals surface area contributed by atoms with Gasteiger partial charge in [-0.3, -0.25) is 13.8 Å². The monoisotopic (exact) mass is 448 g/mol. The van der Waals surface area contributed by atoms with Crippen LogP contribution >= 0.6 is 0 Å². The van der Waals surface area contributed by atoms with Gasteiger partial charge in [0.2, 0.25) is 11.8 Å². The van der Waals surface area contributed by atoms with Gasteiger partial charge in [0.05, 0.1) is 17.9 Å². The van der Waals surface area contributed by atoms with Crippen molar-refractivity contribution in [1.82, 2.24) is 10.6 Å². The lowest BCUT2D eigenvalue weighted by atomic mass is 10.0. The van der Waals surface area contributed by atoms with Gasteiger partial charge in [0.15, 0.2) is 0 Å². The van der Waals surface area contributed by atoms with Gasteiger partial charge in [-0.2, -0.15) is 0 Å². The number of methoxy groups -OCH3 is 1. The molecule has 0 bridgehead atoms. The van der Waals surface area contributed by atoms with Gasteiger partial charge in [0, 0.05) is 24.0 Å². The minimum atomic E-state index is -1.37. The van der Waals surface area contributed by atoms with E-state index in [9.17, 15) is 23.0 Å². The highest BCUT2D eigenvalue weighted by molar-refractivity contribution is 7.85. The number of halogens is 1. The van der Waals surface area contributed by atoms with E-state index < -0.39 is 46.5 Å². The van der Waals surface area contributed by atoms with E-state index in [-0.39, 0.29) is 24.2 Å². The molecule has 0 aromatic heterocycles. The smallest absolute Gasteiger partial charge is 0.328 e. The molecule has 0 aliphatic carbocycles. The summed E-state index contributed by atoms with van der Waals surface area (Å²) in [6.07, 6.45) is -0.0334. The lowest BCUT2D eigenvalue weighted by Crippen LogP contribution is -2.52. The average molecular weight is 449 g/mol. The van der Waals surface area contributed by atoms with Crippen molar-refractivity contribution < 1.29 is 27.7 Å². The molecule has 9 heteroatoms. The predicted octanol–water partition coefficient (Wildman–Crippen LogP) is 1.73. The summed E-state index contributed by atoms with van der Waals surface area (Å²) in [4.78, 5) is 37.1. The SMILES string of the molecule is COC(=O)[C@H](CC[S@](=O)c1ccccc1)NC(=O)[C@@H](Cc1ccccc1F)NC(C)=O. The zero-order chi connectivity index (χ0) is 22.8. The Hall–Kier alpha value is -3.07. The van der Waals surface area contributed by atoms with Crippen molar-refractivity contribution in [3.05, 3.63) is 66.0 Å². The van der Waals surface area contributed by atoms with Gasteiger partial charge in [0.25, 0.3) is 0 Å². The molecular weight excluding hydrogens is 423 g/mol. The maximum atomic E-state index is 14.0. The number of hydrogen-bond donors (Lipinski definition) is 2. The number of nitrogens with one attached hydrogen (secondary N) is 2. The first-order valence-corrected chi connectivity index (χ1v) is 11.0. The fourth-order valence-corrected chi connectivity index (χ4v) is 4.06. The molecule has 166 valence electrons. The first-order valence-electron chi connectivity index (χ1n) is 9.64. The number of carbonyl (C=O) groups excluding carboxylic acids is 3. The Bertz CT molecular complexity index is 939. The number of amides is 2.